The zero-order chi connectivity index (χ0) is 14.5. The van der Waals surface area contributed by atoms with E-state index in [1.807, 2.05) is 0 Å². The molecule has 1 aromatic heterocycles. The molecule has 3 N–H and O–H groups in total. The van der Waals surface area contributed by atoms with E-state index in [1.165, 1.54) is 7.11 Å². The molecule has 2 rings (SSSR count). The first kappa shape index (κ1) is 13.5. The van der Waals surface area contributed by atoms with Crippen molar-refractivity contribution < 1.29 is 4.74 Å². The number of anilines is 3. The van der Waals surface area contributed by atoms with E-state index in [-0.39, 0.29) is 12.0 Å². The maximum Gasteiger partial charge on any atom is 0.322 e. The van der Waals surface area contributed by atoms with Crippen LogP contribution < -0.4 is 20.9 Å². The largest absolute Gasteiger partial charge is 0.467 e. The molecule has 0 aliphatic rings. The van der Waals surface area contributed by atoms with Crippen LogP contribution in [0.2, 0.25) is 0 Å². The number of nitrogens with one attached hydrogen (secondary N) is 1. The third kappa shape index (κ3) is 2.73. The second kappa shape index (κ2) is 5.81. The van der Waals surface area contributed by atoms with Crippen molar-refractivity contribution in [1.29, 1.82) is 5.26 Å². The lowest BCUT2D eigenvalue weighted by Gasteiger charge is -2.17. The molecular weight excluding hydrogens is 258 g/mol. The first-order chi connectivity index (χ1) is 9.67. The number of hydrazine groups is 1. The molecule has 0 aliphatic heterocycles. The second-order valence-electron chi connectivity index (χ2n) is 3.81. The van der Waals surface area contributed by atoms with Gasteiger partial charge < -0.3 is 9.64 Å². The van der Waals surface area contributed by atoms with E-state index >= 15 is 0 Å². The molecule has 20 heavy (non-hydrogen) atoms. The number of nitrogens with zero attached hydrogens (tertiary/aromatic N) is 5. The molecule has 102 valence electrons. The number of nitrogen functional groups attached to an aromatic ring is 1. The second-order valence-corrected chi connectivity index (χ2v) is 3.81. The van der Waals surface area contributed by atoms with Gasteiger partial charge in [-0.2, -0.15) is 20.2 Å². The lowest BCUT2D eigenvalue weighted by atomic mass is 10.2. The van der Waals surface area contributed by atoms with Crippen LogP contribution in [0.4, 0.5) is 17.6 Å². The zero-order valence-corrected chi connectivity index (χ0v) is 11.0. The summed E-state index contributed by atoms with van der Waals surface area (Å²) in [5.74, 6) is 5.88. The average molecular weight is 271 g/mol. The highest BCUT2D eigenvalue weighted by atomic mass is 16.5. The van der Waals surface area contributed by atoms with Gasteiger partial charge in [-0.15, -0.1) is 0 Å². The summed E-state index contributed by atoms with van der Waals surface area (Å²) in [6.07, 6.45) is 0. The molecule has 0 fully saturated rings. The number of nitriles is 1. The molecule has 0 atom stereocenters. The quantitative estimate of drug-likeness (QED) is 0.620. The highest BCUT2D eigenvalue weighted by molar-refractivity contribution is 5.58. The van der Waals surface area contributed by atoms with Crippen molar-refractivity contribution in [2.24, 2.45) is 5.84 Å². The Morgan fingerprint density at radius 3 is 2.50 bits per heavy atom. The van der Waals surface area contributed by atoms with Crippen molar-refractivity contribution in [3.8, 4) is 12.1 Å². The van der Waals surface area contributed by atoms with E-state index in [1.54, 1.807) is 36.2 Å². The minimum atomic E-state index is 0.156. The summed E-state index contributed by atoms with van der Waals surface area (Å²) >= 11 is 0. The number of nitrogens with two attached hydrogens (primary N) is 1. The molecule has 0 unspecified atom stereocenters. The Kier molecular flexibility index (Phi) is 3.93. The fourth-order valence-electron chi connectivity index (χ4n) is 1.53. The fourth-order valence-corrected chi connectivity index (χ4v) is 1.53. The minimum Gasteiger partial charge on any atom is -0.467 e. The van der Waals surface area contributed by atoms with Gasteiger partial charge in [0.05, 0.1) is 18.7 Å². The monoisotopic (exact) mass is 271 g/mol. The number of hydrogen-bond donors (Lipinski definition) is 2. The highest BCUT2D eigenvalue weighted by Gasteiger charge is 2.11. The van der Waals surface area contributed by atoms with Crippen LogP contribution in [0.3, 0.4) is 0 Å². The van der Waals surface area contributed by atoms with E-state index in [0.717, 1.165) is 5.69 Å². The van der Waals surface area contributed by atoms with E-state index in [9.17, 15) is 0 Å². The number of hydrogen-bond acceptors (Lipinski definition) is 8. The standard InChI is InChI=1S/C12H13N7O/c1-19(9-5-3-8(7-13)4-6-9)11-15-10(18-14)16-12(17-11)20-2/h3-6H,14H2,1-2H3,(H,15,16,17,18). The molecule has 1 heterocycles. The molecular formula is C12H13N7O. The normalized spacial score (nSPS) is 9.70. The molecule has 1 aromatic carbocycles. The topological polar surface area (TPSA) is 113 Å². The Morgan fingerprint density at radius 2 is 1.95 bits per heavy atom. The van der Waals surface area contributed by atoms with Crippen LogP contribution in [0.1, 0.15) is 5.56 Å². The van der Waals surface area contributed by atoms with Crippen LogP contribution in [0.25, 0.3) is 0 Å². The highest BCUT2D eigenvalue weighted by Crippen LogP contribution is 2.22. The minimum absolute atomic E-state index is 0.156. The third-order valence-corrected chi connectivity index (χ3v) is 2.60. The molecule has 2 aromatic rings. The van der Waals surface area contributed by atoms with Crippen molar-refractivity contribution >= 4 is 17.6 Å². The Balaban J connectivity index is 2.36. The van der Waals surface area contributed by atoms with Gasteiger partial charge >= 0.3 is 6.01 Å². The number of aromatic nitrogens is 3. The Bertz CT molecular complexity index is 613. The van der Waals surface area contributed by atoms with E-state index in [0.29, 0.717) is 11.5 Å². The van der Waals surface area contributed by atoms with E-state index < -0.39 is 0 Å². The summed E-state index contributed by atoms with van der Waals surface area (Å²) in [6, 6.07) is 9.24. The maximum absolute atomic E-state index is 8.79. The number of rotatable bonds is 4. The summed E-state index contributed by atoms with van der Waals surface area (Å²) < 4.78 is 4.99. The van der Waals surface area contributed by atoms with Crippen LogP contribution in [-0.4, -0.2) is 29.1 Å². The molecule has 8 nitrogen and oxygen atoms in total. The van der Waals surface area contributed by atoms with Gasteiger partial charge in [-0.25, -0.2) is 5.84 Å². The van der Waals surface area contributed by atoms with E-state index in [2.05, 4.69) is 26.4 Å². The van der Waals surface area contributed by atoms with Gasteiger partial charge in [0.15, 0.2) is 0 Å². The van der Waals surface area contributed by atoms with Gasteiger partial charge in [-0.1, -0.05) is 0 Å². The Morgan fingerprint density at radius 1 is 1.25 bits per heavy atom. The smallest absolute Gasteiger partial charge is 0.322 e. The lowest BCUT2D eigenvalue weighted by Crippen LogP contribution is -2.17. The number of benzene rings is 1. The molecule has 0 amide bonds. The first-order valence-corrected chi connectivity index (χ1v) is 5.68. The van der Waals surface area contributed by atoms with Gasteiger partial charge in [0.1, 0.15) is 0 Å². The van der Waals surface area contributed by atoms with Crippen molar-refractivity contribution in [3.63, 3.8) is 0 Å². The van der Waals surface area contributed by atoms with Gasteiger partial charge in [0, 0.05) is 12.7 Å². The zero-order valence-electron chi connectivity index (χ0n) is 11.0. The van der Waals surface area contributed by atoms with Gasteiger partial charge in [0.2, 0.25) is 11.9 Å². The van der Waals surface area contributed by atoms with Crippen LogP contribution in [-0.2, 0) is 0 Å². The summed E-state index contributed by atoms with van der Waals surface area (Å²) in [5.41, 5.74) is 3.76. The van der Waals surface area contributed by atoms with Crippen molar-refractivity contribution in [2.45, 2.75) is 0 Å². The van der Waals surface area contributed by atoms with Crippen molar-refractivity contribution in [1.82, 2.24) is 15.0 Å². The molecule has 0 saturated carbocycles. The van der Waals surface area contributed by atoms with Crippen LogP contribution >= 0.6 is 0 Å². The molecule has 8 heteroatoms. The molecule has 0 radical (unpaired) electrons. The fraction of sp³-hybridized carbons (Fsp3) is 0.167. The SMILES string of the molecule is COc1nc(NN)nc(N(C)c2ccc(C#N)cc2)n1. The summed E-state index contributed by atoms with van der Waals surface area (Å²) in [5, 5.41) is 8.79. The Labute approximate surface area is 115 Å². The average Bonchev–Trinajstić information content (AvgIpc) is 2.53. The van der Waals surface area contributed by atoms with Crippen LogP contribution in [0.5, 0.6) is 6.01 Å². The predicted molar refractivity (Wildman–Crippen MR) is 73.4 cm³/mol. The predicted octanol–water partition coefficient (Wildman–Crippen LogP) is 0.805. The molecule has 0 spiro atoms. The van der Waals surface area contributed by atoms with E-state index in [4.69, 9.17) is 15.8 Å². The number of methoxy groups -OCH3 is 1. The first-order valence-electron chi connectivity index (χ1n) is 5.68. The molecule has 0 bridgehead atoms. The third-order valence-electron chi connectivity index (χ3n) is 2.60. The maximum atomic E-state index is 8.79. The van der Waals surface area contributed by atoms with Gasteiger partial charge in [-0.05, 0) is 24.3 Å². The number of ether oxygens (including phenoxy) is 1. The van der Waals surface area contributed by atoms with Crippen LogP contribution in [0, 0.1) is 11.3 Å². The lowest BCUT2D eigenvalue weighted by molar-refractivity contribution is 0.379. The summed E-state index contributed by atoms with van der Waals surface area (Å²) in [4.78, 5) is 13.9. The van der Waals surface area contributed by atoms with Gasteiger partial charge in [0.25, 0.3) is 0 Å². The van der Waals surface area contributed by atoms with Crippen LogP contribution in [0.15, 0.2) is 24.3 Å². The summed E-state index contributed by atoms with van der Waals surface area (Å²) in [7, 11) is 3.25. The van der Waals surface area contributed by atoms with Crippen molar-refractivity contribution in [2.75, 3.05) is 24.5 Å². The Hall–Kier alpha value is -2.92. The van der Waals surface area contributed by atoms with Gasteiger partial charge in [-0.3, -0.25) is 5.43 Å². The molecule has 0 aliphatic carbocycles. The molecule has 0 saturated heterocycles. The van der Waals surface area contributed by atoms with Crippen molar-refractivity contribution in [3.05, 3.63) is 29.8 Å². The summed E-state index contributed by atoms with van der Waals surface area (Å²) in [6.45, 7) is 0.